The number of hydrogen-bond donors (Lipinski definition) is 1. The minimum atomic E-state index is -0.404. The van der Waals surface area contributed by atoms with E-state index in [0.29, 0.717) is 52.9 Å². The summed E-state index contributed by atoms with van der Waals surface area (Å²) < 4.78 is 37.7. The summed E-state index contributed by atoms with van der Waals surface area (Å²) in [5.41, 5.74) is 5.06. The number of benzene rings is 4. The summed E-state index contributed by atoms with van der Waals surface area (Å²) in [6.07, 6.45) is 1.50. The second kappa shape index (κ2) is 14.3. The van der Waals surface area contributed by atoms with Gasteiger partial charge in [0.2, 0.25) is 0 Å². The zero-order valence-corrected chi connectivity index (χ0v) is 24.2. The highest BCUT2D eigenvalue weighted by molar-refractivity contribution is 14.1. The van der Waals surface area contributed by atoms with E-state index in [-0.39, 0.29) is 12.4 Å². The molecule has 0 bridgehead atoms. The second-order valence-corrected chi connectivity index (χ2v) is 9.64. The number of carbonyl (C=O) groups excluding carboxylic acids is 1. The van der Waals surface area contributed by atoms with Crippen molar-refractivity contribution in [3.05, 3.63) is 117 Å². The zero-order chi connectivity index (χ0) is 28.3. The molecule has 206 valence electrons. The number of hydrogen-bond acceptors (Lipinski definition) is 6. The normalized spacial score (nSPS) is 10.8. The van der Waals surface area contributed by atoms with E-state index in [1.54, 1.807) is 42.5 Å². The molecule has 4 rings (SSSR count). The summed E-state index contributed by atoms with van der Waals surface area (Å²) in [6, 6.07) is 24.8. The topological polar surface area (TPSA) is 78.4 Å². The number of halogens is 2. The van der Waals surface area contributed by atoms with Crippen LogP contribution in [0.4, 0.5) is 4.39 Å². The van der Waals surface area contributed by atoms with Gasteiger partial charge in [0.1, 0.15) is 19.0 Å². The van der Waals surface area contributed by atoms with Crippen molar-refractivity contribution < 1.29 is 28.1 Å². The Labute approximate surface area is 246 Å². The number of hydrazone groups is 1. The third kappa shape index (κ3) is 7.72. The molecule has 0 aliphatic carbocycles. The molecule has 0 unspecified atom stereocenters. The monoisotopic (exact) mass is 654 g/mol. The SMILES string of the molecule is CCOc1cc(C(=O)N/N=C/c2cc(I)c(OCc3ccccc3F)c(OC)c2)ccc1OCc1ccccc1. The molecule has 0 aliphatic heterocycles. The Morgan fingerprint density at radius 1 is 0.900 bits per heavy atom. The maximum absolute atomic E-state index is 14.0. The lowest BCUT2D eigenvalue weighted by Gasteiger charge is -2.14. The Bertz CT molecular complexity index is 1480. The Balaban J connectivity index is 1.41. The maximum atomic E-state index is 14.0. The molecule has 1 amide bonds. The van der Waals surface area contributed by atoms with Gasteiger partial charge in [0.15, 0.2) is 23.0 Å². The molecule has 0 saturated heterocycles. The molecule has 4 aromatic carbocycles. The Morgan fingerprint density at radius 3 is 2.42 bits per heavy atom. The Morgan fingerprint density at radius 2 is 1.68 bits per heavy atom. The van der Waals surface area contributed by atoms with Crippen LogP contribution in [0.5, 0.6) is 23.0 Å². The fourth-order valence-corrected chi connectivity index (χ4v) is 4.50. The van der Waals surface area contributed by atoms with Crippen molar-refractivity contribution in [2.45, 2.75) is 20.1 Å². The average Bonchev–Trinajstić information content (AvgIpc) is 2.97. The lowest BCUT2D eigenvalue weighted by Crippen LogP contribution is -2.17. The van der Waals surface area contributed by atoms with Crippen LogP contribution in [0.1, 0.15) is 34.0 Å². The Hall–Kier alpha value is -4.12. The van der Waals surface area contributed by atoms with Crippen LogP contribution >= 0.6 is 22.6 Å². The fraction of sp³-hybridized carbons (Fsp3) is 0.161. The molecule has 7 nitrogen and oxygen atoms in total. The number of methoxy groups -OCH3 is 1. The van der Waals surface area contributed by atoms with Crippen molar-refractivity contribution in [2.24, 2.45) is 5.10 Å². The lowest BCUT2D eigenvalue weighted by molar-refractivity contribution is 0.0954. The number of carbonyl (C=O) groups is 1. The summed E-state index contributed by atoms with van der Waals surface area (Å²) in [7, 11) is 1.52. The largest absolute Gasteiger partial charge is 0.493 e. The predicted octanol–water partition coefficient (Wildman–Crippen LogP) is 6.76. The predicted molar refractivity (Wildman–Crippen MR) is 160 cm³/mol. The fourth-order valence-electron chi connectivity index (χ4n) is 3.72. The maximum Gasteiger partial charge on any atom is 0.271 e. The molecule has 0 aliphatic rings. The van der Waals surface area contributed by atoms with Gasteiger partial charge in [0.05, 0.1) is 23.5 Å². The van der Waals surface area contributed by atoms with E-state index in [2.05, 4.69) is 33.1 Å². The van der Waals surface area contributed by atoms with Gasteiger partial charge < -0.3 is 18.9 Å². The molecule has 9 heteroatoms. The van der Waals surface area contributed by atoms with E-state index in [1.807, 2.05) is 43.3 Å². The van der Waals surface area contributed by atoms with Gasteiger partial charge in [0, 0.05) is 11.1 Å². The van der Waals surface area contributed by atoms with E-state index >= 15 is 0 Å². The molecule has 1 N–H and O–H groups in total. The highest BCUT2D eigenvalue weighted by Gasteiger charge is 2.14. The van der Waals surface area contributed by atoms with Crippen molar-refractivity contribution in [2.75, 3.05) is 13.7 Å². The van der Waals surface area contributed by atoms with E-state index in [1.165, 1.54) is 19.4 Å². The van der Waals surface area contributed by atoms with Crippen molar-refractivity contribution >= 4 is 34.7 Å². The summed E-state index contributed by atoms with van der Waals surface area (Å²) >= 11 is 2.11. The van der Waals surface area contributed by atoms with Crippen LogP contribution in [0.25, 0.3) is 0 Å². The summed E-state index contributed by atoms with van der Waals surface area (Å²) in [6.45, 7) is 2.73. The quantitative estimate of drug-likeness (QED) is 0.104. The van der Waals surface area contributed by atoms with E-state index < -0.39 is 5.91 Å². The number of nitrogens with one attached hydrogen (secondary N) is 1. The number of ether oxygens (including phenoxy) is 4. The van der Waals surface area contributed by atoms with Crippen LogP contribution in [0.2, 0.25) is 0 Å². The van der Waals surface area contributed by atoms with Crippen LogP contribution in [-0.4, -0.2) is 25.8 Å². The number of amides is 1. The highest BCUT2D eigenvalue weighted by Crippen LogP contribution is 2.34. The molecule has 0 aromatic heterocycles. The van der Waals surface area contributed by atoms with Crippen LogP contribution in [-0.2, 0) is 13.2 Å². The third-order valence-electron chi connectivity index (χ3n) is 5.70. The molecular formula is C31H28FIN2O5. The van der Waals surface area contributed by atoms with Crippen LogP contribution in [0.15, 0.2) is 90.0 Å². The standard InChI is InChI=1S/C31H28FIN2O5/c1-3-38-28-17-23(13-14-27(28)39-19-21-9-5-4-6-10-21)31(36)35-34-18-22-15-26(33)30(29(16-22)37-2)40-20-24-11-7-8-12-25(24)32/h4-18H,3,19-20H2,1-2H3,(H,35,36)/b34-18+. The van der Waals surface area contributed by atoms with Crippen LogP contribution in [0.3, 0.4) is 0 Å². The van der Waals surface area contributed by atoms with Crippen molar-refractivity contribution in [1.29, 1.82) is 0 Å². The minimum Gasteiger partial charge on any atom is -0.493 e. The molecule has 0 heterocycles. The van der Waals surface area contributed by atoms with Gasteiger partial charge in [-0.2, -0.15) is 5.10 Å². The van der Waals surface area contributed by atoms with E-state index in [9.17, 15) is 9.18 Å². The first kappa shape index (κ1) is 28.9. The van der Waals surface area contributed by atoms with Gasteiger partial charge in [-0.05, 0) is 77.0 Å². The molecular weight excluding hydrogens is 626 g/mol. The van der Waals surface area contributed by atoms with Gasteiger partial charge in [-0.15, -0.1) is 0 Å². The second-order valence-electron chi connectivity index (χ2n) is 8.48. The molecule has 0 radical (unpaired) electrons. The van der Waals surface area contributed by atoms with Gasteiger partial charge in [-0.25, -0.2) is 9.82 Å². The summed E-state index contributed by atoms with van der Waals surface area (Å²) in [5, 5.41) is 4.10. The van der Waals surface area contributed by atoms with E-state index in [4.69, 9.17) is 18.9 Å². The molecule has 0 fully saturated rings. The third-order valence-corrected chi connectivity index (χ3v) is 6.51. The first-order valence-corrected chi connectivity index (χ1v) is 13.6. The van der Waals surface area contributed by atoms with Crippen LogP contribution < -0.4 is 24.4 Å². The van der Waals surface area contributed by atoms with Crippen LogP contribution in [0, 0.1) is 9.39 Å². The van der Waals surface area contributed by atoms with Crippen molar-refractivity contribution in [3.63, 3.8) is 0 Å². The summed E-state index contributed by atoms with van der Waals surface area (Å²) in [4.78, 5) is 12.8. The van der Waals surface area contributed by atoms with Gasteiger partial charge in [-0.3, -0.25) is 4.79 Å². The first-order chi connectivity index (χ1) is 19.5. The molecule has 0 saturated carbocycles. The number of nitrogens with zero attached hydrogens (tertiary/aromatic N) is 1. The Kier molecular flexibility index (Phi) is 10.3. The average molecular weight is 654 g/mol. The first-order valence-electron chi connectivity index (χ1n) is 12.5. The number of rotatable bonds is 12. The molecule has 40 heavy (non-hydrogen) atoms. The minimum absolute atomic E-state index is 0.0579. The summed E-state index contributed by atoms with van der Waals surface area (Å²) in [5.74, 6) is 1.23. The van der Waals surface area contributed by atoms with Gasteiger partial charge in [0.25, 0.3) is 5.91 Å². The molecule has 0 spiro atoms. The van der Waals surface area contributed by atoms with Crippen molar-refractivity contribution in [3.8, 4) is 23.0 Å². The molecule has 4 aromatic rings. The van der Waals surface area contributed by atoms with Gasteiger partial charge >= 0.3 is 0 Å². The lowest BCUT2D eigenvalue weighted by atomic mass is 10.2. The highest BCUT2D eigenvalue weighted by atomic mass is 127. The van der Waals surface area contributed by atoms with Gasteiger partial charge in [-0.1, -0.05) is 48.5 Å². The molecule has 0 atom stereocenters. The van der Waals surface area contributed by atoms with Crippen molar-refractivity contribution in [1.82, 2.24) is 5.43 Å². The smallest absolute Gasteiger partial charge is 0.271 e. The van der Waals surface area contributed by atoms with E-state index in [0.717, 1.165) is 9.13 Å². The zero-order valence-electron chi connectivity index (χ0n) is 22.0.